The van der Waals surface area contributed by atoms with Crippen LogP contribution in [0.1, 0.15) is 30.9 Å². The Balaban J connectivity index is 1.60. The lowest BCUT2D eigenvalue weighted by atomic mass is 10.0. The average Bonchev–Trinajstić information content (AvgIpc) is 3.06. The third-order valence-electron chi connectivity index (χ3n) is 6.01. The average molecular weight is 380 g/mol. The van der Waals surface area contributed by atoms with Gasteiger partial charge in [0.25, 0.3) is 0 Å². The summed E-state index contributed by atoms with van der Waals surface area (Å²) in [7, 11) is -3.45. The largest absolute Gasteiger partial charge is 0.243 e. The van der Waals surface area contributed by atoms with Gasteiger partial charge in [0.05, 0.1) is 10.3 Å². The molecule has 2 aromatic carbocycles. The first-order valence-corrected chi connectivity index (χ1v) is 11.1. The van der Waals surface area contributed by atoms with E-state index in [1.165, 1.54) is 0 Å². The first kappa shape index (κ1) is 18.3. The van der Waals surface area contributed by atoms with Crippen molar-refractivity contribution < 1.29 is 8.42 Å². The van der Waals surface area contributed by atoms with Crippen molar-refractivity contribution in [3.63, 3.8) is 0 Å². The molecule has 27 heavy (non-hydrogen) atoms. The Morgan fingerprint density at radius 1 is 1.11 bits per heavy atom. The third-order valence-corrected chi connectivity index (χ3v) is 7.84. The van der Waals surface area contributed by atoms with Crippen molar-refractivity contribution in [2.45, 2.75) is 31.6 Å². The Labute approximate surface area is 162 Å². The molecule has 1 aliphatic carbocycles. The van der Waals surface area contributed by atoms with Gasteiger partial charge in [-0.25, -0.2) is 8.42 Å². The zero-order valence-corrected chi connectivity index (χ0v) is 16.7. The standard InChI is InChI=1S/C23H25NO2S/c1-3-7-21-22-16-24(27(25,26)20-12-10-18(2)11-13-20)17-23(21,22)15-14-19-8-5-4-6-9-19/h4-6,8-13,21-22H,3,7,16-17H2,1-2H3/t21-,22-,23+/m0/s1. The second kappa shape index (κ2) is 6.82. The van der Waals surface area contributed by atoms with E-state index in [9.17, 15) is 8.42 Å². The van der Waals surface area contributed by atoms with Gasteiger partial charge >= 0.3 is 0 Å². The minimum atomic E-state index is -3.45. The minimum Gasteiger partial charge on any atom is -0.207 e. The summed E-state index contributed by atoms with van der Waals surface area (Å²) in [5.41, 5.74) is 1.88. The summed E-state index contributed by atoms with van der Waals surface area (Å²) < 4.78 is 27.8. The van der Waals surface area contributed by atoms with E-state index < -0.39 is 10.0 Å². The molecule has 1 aliphatic heterocycles. The highest BCUT2D eigenvalue weighted by atomic mass is 32.2. The van der Waals surface area contributed by atoms with E-state index >= 15 is 0 Å². The highest BCUT2D eigenvalue weighted by Gasteiger charge is 2.69. The van der Waals surface area contributed by atoms with Crippen LogP contribution in [0, 0.1) is 36.0 Å². The van der Waals surface area contributed by atoms with Crippen LogP contribution in [0.4, 0.5) is 0 Å². The van der Waals surface area contributed by atoms with Crippen LogP contribution in [0.2, 0.25) is 0 Å². The predicted molar refractivity (Wildman–Crippen MR) is 108 cm³/mol. The zero-order chi connectivity index (χ0) is 19.1. The van der Waals surface area contributed by atoms with Crippen molar-refractivity contribution in [2.75, 3.05) is 13.1 Å². The van der Waals surface area contributed by atoms with Crippen molar-refractivity contribution in [3.8, 4) is 11.8 Å². The number of sulfonamides is 1. The number of aryl methyl sites for hydroxylation is 1. The molecule has 0 unspecified atom stereocenters. The molecule has 1 saturated carbocycles. The second-order valence-electron chi connectivity index (χ2n) is 7.77. The quantitative estimate of drug-likeness (QED) is 0.751. The molecule has 4 heteroatoms. The number of hydrogen-bond acceptors (Lipinski definition) is 2. The molecule has 1 heterocycles. The molecule has 0 radical (unpaired) electrons. The van der Waals surface area contributed by atoms with Crippen LogP contribution in [-0.2, 0) is 10.0 Å². The monoisotopic (exact) mass is 379 g/mol. The third kappa shape index (κ3) is 3.20. The molecule has 4 rings (SSSR count). The second-order valence-corrected chi connectivity index (χ2v) is 9.71. The molecular weight excluding hydrogens is 354 g/mol. The maximum atomic E-state index is 13.1. The van der Waals surface area contributed by atoms with Crippen LogP contribution in [0.25, 0.3) is 0 Å². The van der Waals surface area contributed by atoms with Gasteiger partial charge in [-0.3, -0.25) is 0 Å². The molecular formula is C23H25NO2S. The number of nitrogens with zero attached hydrogens (tertiary/aromatic N) is 1. The van der Waals surface area contributed by atoms with Crippen LogP contribution in [0.5, 0.6) is 0 Å². The van der Waals surface area contributed by atoms with Gasteiger partial charge < -0.3 is 0 Å². The molecule has 0 amide bonds. The van der Waals surface area contributed by atoms with Gasteiger partial charge in [0.15, 0.2) is 0 Å². The van der Waals surface area contributed by atoms with Gasteiger partial charge in [0.2, 0.25) is 10.0 Å². The van der Waals surface area contributed by atoms with Gasteiger partial charge in [-0.1, -0.05) is 61.1 Å². The van der Waals surface area contributed by atoms with Crippen molar-refractivity contribution in [1.82, 2.24) is 4.31 Å². The summed E-state index contributed by atoms with van der Waals surface area (Å²) in [5, 5.41) is 0. The van der Waals surface area contributed by atoms with Crippen LogP contribution in [0.3, 0.4) is 0 Å². The maximum absolute atomic E-state index is 13.1. The highest BCUT2D eigenvalue weighted by molar-refractivity contribution is 7.89. The summed E-state index contributed by atoms with van der Waals surface area (Å²) in [6, 6.07) is 17.1. The number of rotatable bonds is 4. The summed E-state index contributed by atoms with van der Waals surface area (Å²) in [6.07, 6.45) is 2.23. The Hall–Kier alpha value is -2.09. The first-order chi connectivity index (χ1) is 13.0. The van der Waals surface area contributed by atoms with Crippen molar-refractivity contribution >= 4 is 10.0 Å². The summed E-state index contributed by atoms with van der Waals surface area (Å²) in [5.74, 6) is 7.67. The summed E-state index contributed by atoms with van der Waals surface area (Å²) in [4.78, 5) is 0.382. The Morgan fingerprint density at radius 2 is 1.81 bits per heavy atom. The van der Waals surface area contributed by atoms with E-state index in [0.29, 0.717) is 29.8 Å². The van der Waals surface area contributed by atoms with Gasteiger partial charge in [-0.05, 0) is 49.4 Å². The molecule has 0 aromatic heterocycles. The first-order valence-electron chi connectivity index (χ1n) is 9.62. The van der Waals surface area contributed by atoms with Gasteiger partial charge in [0, 0.05) is 18.7 Å². The van der Waals surface area contributed by atoms with Crippen molar-refractivity contribution in [2.24, 2.45) is 17.3 Å². The molecule has 1 saturated heterocycles. The molecule has 3 atom stereocenters. The zero-order valence-electron chi connectivity index (χ0n) is 15.9. The van der Waals surface area contributed by atoms with Gasteiger partial charge in [-0.15, -0.1) is 0 Å². The molecule has 2 aliphatic rings. The smallest absolute Gasteiger partial charge is 0.207 e. The molecule has 2 fully saturated rings. The lowest BCUT2D eigenvalue weighted by Gasteiger charge is -2.21. The summed E-state index contributed by atoms with van der Waals surface area (Å²) in [6.45, 7) is 5.25. The van der Waals surface area contributed by atoms with Crippen LogP contribution >= 0.6 is 0 Å². The Morgan fingerprint density at radius 3 is 2.48 bits per heavy atom. The van der Waals surface area contributed by atoms with Gasteiger partial charge in [0.1, 0.15) is 0 Å². The van der Waals surface area contributed by atoms with Crippen molar-refractivity contribution in [1.29, 1.82) is 0 Å². The fourth-order valence-corrected chi connectivity index (χ4v) is 5.97. The normalized spacial score (nSPS) is 26.9. The predicted octanol–water partition coefficient (Wildman–Crippen LogP) is 4.08. The molecule has 0 N–H and O–H groups in total. The van der Waals surface area contributed by atoms with E-state index in [2.05, 4.69) is 18.8 Å². The van der Waals surface area contributed by atoms with Crippen molar-refractivity contribution in [3.05, 3.63) is 65.7 Å². The molecule has 140 valence electrons. The van der Waals surface area contributed by atoms with Crippen LogP contribution < -0.4 is 0 Å². The topological polar surface area (TPSA) is 37.4 Å². The maximum Gasteiger partial charge on any atom is 0.243 e. The van der Waals surface area contributed by atoms with Crippen LogP contribution in [-0.4, -0.2) is 25.8 Å². The number of hydrogen-bond donors (Lipinski definition) is 0. The van der Waals surface area contributed by atoms with E-state index in [0.717, 1.165) is 24.0 Å². The lowest BCUT2D eigenvalue weighted by Crippen LogP contribution is -2.33. The fraction of sp³-hybridized carbons (Fsp3) is 0.391. The van der Waals surface area contributed by atoms with Crippen LogP contribution in [0.15, 0.2) is 59.5 Å². The Bertz CT molecular complexity index is 986. The molecule has 0 bridgehead atoms. The molecule has 2 aromatic rings. The molecule has 0 spiro atoms. The Kier molecular flexibility index (Phi) is 4.61. The highest BCUT2D eigenvalue weighted by Crippen LogP contribution is 2.65. The summed E-state index contributed by atoms with van der Waals surface area (Å²) >= 11 is 0. The minimum absolute atomic E-state index is 0.177. The van der Waals surface area contributed by atoms with E-state index in [1.807, 2.05) is 49.4 Å². The van der Waals surface area contributed by atoms with Gasteiger partial charge in [-0.2, -0.15) is 4.31 Å². The van der Waals surface area contributed by atoms with E-state index in [4.69, 9.17) is 0 Å². The lowest BCUT2D eigenvalue weighted by molar-refractivity contribution is 0.383. The fourth-order valence-electron chi connectivity index (χ4n) is 4.45. The SMILES string of the molecule is CCC[C@H]1[C@@H]2CN(S(=O)(=O)c3ccc(C)cc3)C[C@]12C#Cc1ccccc1. The van der Waals surface area contributed by atoms with E-state index in [1.54, 1.807) is 16.4 Å². The van der Waals surface area contributed by atoms with E-state index in [-0.39, 0.29) is 5.41 Å². The number of benzene rings is 2. The number of piperidine rings is 1. The number of fused-ring (bicyclic) bond motifs is 1. The molecule has 3 nitrogen and oxygen atoms in total.